The second-order valence-electron chi connectivity index (χ2n) is 9.93. The van der Waals surface area contributed by atoms with Gasteiger partial charge in [-0.25, -0.2) is 0 Å². The Labute approximate surface area is 185 Å². The molecule has 0 radical (unpaired) electrons. The molecule has 1 aromatic carbocycles. The number of benzene rings is 1. The quantitative estimate of drug-likeness (QED) is 0.694. The third kappa shape index (κ3) is 4.14. The van der Waals surface area contributed by atoms with Crippen LogP contribution in [0.1, 0.15) is 65.0 Å². The Bertz CT molecular complexity index is 926. The fraction of sp³-hybridized carbons (Fsp3) is 0.636. The number of carbonyl (C=O) groups is 2. The number of nitrogens with one attached hydrogen (secondary N) is 1. The van der Waals surface area contributed by atoms with E-state index in [0.29, 0.717) is 18.8 Å². The van der Waals surface area contributed by atoms with Gasteiger partial charge in [-0.05, 0) is 52.1 Å². The number of ether oxygens (including phenoxy) is 1. The van der Waals surface area contributed by atoms with Crippen molar-refractivity contribution in [3.63, 3.8) is 0 Å². The highest BCUT2D eigenvalue weighted by Gasteiger charge is 2.55. The lowest BCUT2D eigenvalue weighted by atomic mass is 9.78. The summed E-state index contributed by atoms with van der Waals surface area (Å²) in [6.07, 6.45) is -4.70. The van der Waals surface area contributed by atoms with Crippen LogP contribution in [0.2, 0.25) is 0 Å². The molecule has 2 aliphatic heterocycles. The van der Waals surface area contributed by atoms with Crippen LogP contribution in [0.5, 0.6) is 5.75 Å². The molecule has 1 amide bonds. The van der Waals surface area contributed by atoms with Crippen LogP contribution < -0.4 is 15.5 Å². The van der Waals surface area contributed by atoms with E-state index in [1.165, 1.54) is 0 Å². The van der Waals surface area contributed by atoms with Gasteiger partial charge in [0.15, 0.2) is 0 Å². The number of carbonyl (C=O) groups excluding carboxylic acids is 2. The summed E-state index contributed by atoms with van der Waals surface area (Å²) in [5, 5.41) is 2.85. The maximum atomic E-state index is 12.8. The highest BCUT2D eigenvalue weighted by Crippen LogP contribution is 2.51. The smallest absolute Gasteiger partial charge is 0.493 e. The highest BCUT2D eigenvalue weighted by molar-refractivity contribution is 6.62. The molecule has 1 aromatic rings. The molecule has 1 atom stereocenters. The van der Waals surface area contributed by atoms with Crippen LogP contribution in [0.25, 0.3) is 0 Å². The lowest BCUT2D eigenvalue weighted by molar-refractivity contribution is -0.173. The number of hydrogen-bond donors (Lipinski definition) is 1. The molecule has 4 rings (SSSR count). The van der Waals surface area contributed by atoms with E-state index in [1.54, 1.807) is 0 Å². The zero-order valence-corrected chi connectivity index (χ0v) is 18.6. The van der Waals surface area contributed by atoms with Crippen molar-refractivity contribution >= 4 is 24.3 Å². The molecule has 174 valence electrons. The molecule has 1 saturated carbocycles. The Hall–Kier alpha value is -2.07. The summed E-state index contributed by atoms with van der Waals surface area (Å²) in [5.41, 5.74) is -0.714. The zero-order valence-electron chi connectivity index (χ0n) is 18.6. The molecule has 0 aromatic heterocycles. The van der Waals surface area contributed by atoms with Crippen molar-refractivity contribution < 1.29 is 36.8 Å². The third-order valence-corrected chi connectivity index (χ3v) is 7.06. The van der Waals surface area contributed by atoms with Gasteiger partial charge in [0.25, 0.3) is 0 Å². The minimum Gasteiger partial charge on any atom is -0.493 e. The van der Waals surface area contributed by atoms with Gasteiger partial charge in [-0.3, -0.25) is 9.59 Å². The molecular formula is C22H27BF3NO5. The number of hydrogen-bond acceptors (Lipinski definition) is 5. The zero-order chi connectivity index (χ0) is 23.5. The molecule has 0 bridgehead atoms. The van der Waals surface area contributed by atoms with Crippen molar-refractivity contribution in [3.05, 3.63) is 23.8 Å². The summed E-state index contributed by atoms with van der Waals surface area (Å²) < 4.78 is 56.0. The average molecular weight is 453 g/mol. The van der Waals surface area contributed by atoms with E-state index >= 15 is 0 Å². The highest BCUT2D eigenvalue weighted by atomic mass is 19.4. The number of halogens is 3. The summed E-state index contributed by atoms with van der Waals surface area (Å²) in [7, 11) is -0.563. The van der Waals surface area contributed by atoms with Gasteiger partial charge in [0.2, 0.25) is 11.7 Å². The van der Waals surface area contributed by atoms with Gasteiger partial charge in [-0.2, -0.15) is 13.2 Å². The Kier molecular flexibility index (Phi) is 5.40. The van der Waals surface area contributed by atoms with Crippen molar-refractivity contribution in [1.29, 1.82) is 0 Å². The molecule has 6 nitrogen and oxygen atoms in total. The molecule has 1 N–H and O–H groups in total. The predicted molar refractivity (Wildman–Crippen MR) is 110 cm³/mol. The summed E-state index contributed by atoms with van der Waals surface area (Å²) in [4.78, 5) is 24.2. The number of fused-ring (bicyclic) bond motifs is 1. The first-order valence-corrected chi connectivity index (χ1v) is 10.8. The number of rotatable bonds is 5. The SMILES string of the molecule is CC1(C)OB(c2ccc3c(c2)OCCC3NC(=O)C2(CC(=O)C(F)(F)F)CC2)OC1(C)C. The van der Waals surface area contributed by atoms with Gasteiger partial charge in [0.1, 0.15) is 5.75 Å². The van der Waals surface area contributed by atoms with E-state index in [4.69, 9.17) is 14.0 Å². The van der Waals surface area contributed by atoms with Gasteiger partial charge in [-0.15, -0.1) is 0 Å². The van der Waals surface area contributed by atoms with Crippen LogP contribution in [-0.4, -0.2) is 42.8 Å². The lowest BCUT2D eigenvalue weighted by Gasteiger charge is -2.32. The largest absolute Gasteiger partial charge is 0.494 e. The van der Waals surface area contributed by atoms with Gasteiger partial charge < -0.3 is 19.4 Å². The van der Waals surface area contributed by atoms with E-state index in [9.17, 15) is 22.8 Å². The number of Topliss-reactive ketones (excluding diaryl/α,β-unsaturated/α-hetero) is 1. The Morgan fingerprint density at radius 1 is 1.12 bits per heavy atom. The average Bonchev–Trinajstić information content (AvgIpc) is 3.42. The van der Waals surface area contributed by atoms with Crippen molar-refractivity contribution in [2.75, 3.05) is 6.61 Å². The molecule has 1 unspecified atom stereocenters. The fourth-order valence-corrected chi connectivity index (χ4v) is 4.04. The fourth-order valence-electron chi connectivity index (χ4n) is 4.04. The van der Waals surface area contributed by atoms with E-state index in [-0.39, 0.29) is 12.8 Å². The normalized spacial score (nSPS) is 25.0. The Balaban J connectivity index is 1.48. The maximum Gasteiger partial charge on any atom is 0.494 e. The molecular weight excluding hydrogens is 426 g/mol. The molecule has 10 heteroatoms. The van der Waals surface area contributed by atoms with E-state index in [1.807, 2.05) is 45.9 Å². The monoisotopic (exact) mass is 453 g/mol. The first-order chi connectivity index (χ1) is 14.7. The molecule has 1 aliphatic carbocycles. The molecule has 3 aliphatic rings. The van der Waals surface area contributed by atoms with Crippen LogP contribution in [0, 0.1) is 5.41 Å². The van der Waals surface area contributed by atoms with Crippen LogP contribution in [0.15, 0.2) is 18.2 Å². The van der Waals surface area contributed by atoms with Crippen molar-refractivity contribution in [3.8, 4) is 5.75 Å². The maximum absolute atomic E-state index is 12.8. The molecule has 1 saturated heterocycles. The summed E-state index contributed by atoms with van der Waals surface area (Å²) in [5.74, 6) is -1.79. The van der Waals surface area contributed by atoms with Gasteiger partial charge in [0.05, 0.1) is 29.3 Å². The van der Waals surface area contributed by atoms with Crippen LogP contribution in [-0.2, 0) is 18.9 Å². The molecule has 2 fully saturated rings. The topological polar surface area (TPSA) is 73.9 Å². The molecule has 32 heavy (non-hydrogen) atoms. The van der Waals surface area contributed by atoms with Crippen LogP contribution in [0.3, 0.4) is 0 Å². The summed E-state index contributed by atoms with van der Waals surface area (Å²) in [6.45, 7) is 8.20. The number of alkyl halides is 3. The lowest BCUT2D eigenvalue weighted by Crippen LogP contribution is -2.41. The second-order valence-corrected chi connectivity index (χ2v) is 9.93. The van der Waals surface area contributed by atoms with Crippen molar-refractivity contribution in [1.82, 2.24) is 5.32 Å². The Morgan fingerprint density at radius 2 is 1.75 bits per heavy atom. The summed E-state index contributed by atoms with van der Waals surface area (Å²) >= 11 is 0. The molecule has 2 heterocycles. The van der Waals surface area contributed by atoms with Crippen LogP contribution >= 0.6 is 0 Å². The number of ketones is 1. The number of amides is 1. The van der Waals surface area contributed by atoms with Crippen LogP contribution in [0.4, 0.5) is 13.2 Å². The van der Waals surface area contributed by atoms with Gasteiger partial charge in [-0.1, -0.05) is 12.1 Å². The molecule has 0 spiro atoms. The first kappa shape index (κ1) is 23.1. The first-order valence-electron chi connectivity index (χ1n) is 10.8. The van der Waals surface area contributed by atoms with E-state index in [0.717, 1.165) is 11.0 Å². The van der Waals surface area contributed by atoms with Gasteiger partial charge >= 0.3 is 13.3 Å². The standard InChI is InChI=1S/C22H27BF3NO5/c1-19(2)20(3,4)32-23(31-19)13-5-6-14-15(7-10-30-16(14)11-13)27-18(29)21(8-9-21)12-17(28)22(24,25)26/h5-6,11,15H,7-10,12H2,1-4H3,(H,27,29). The summed E-state index contributed by atoms with van der Waals surface area (Å²) in [6, 6.07) is 5.07. The Morgan fingerprint density at radius 3 is 2.31 bits per heavy atom. The third-order valence-electron chi connectivity index (χ3n) is 7.06. The predicted octanol–water partition coefficient (Wildman–Crippen LogP) is 3.23. The van der Waals surface area contributed by atoms with Crippen molar-refractivity contribution in [2.24, 2.45) is 5.41 Å². The van der Waals surface area contributed by atoms with Crippen molar-refractivity contribution in [2.45, 2.75) is 76.8 Å². The van der Waals surface area contributed by atoms with E-state index < -0.39 is 54.1 Å². The minimum absolute atomic E-state index is 0.275. The second kappa shape index (κ2) is 7.48. The minimum atomic E-state index is -4.93. The van der Waals surface area contributed by atoms with Gasteiger partial charge in [0, 0.05) is 18.4 Å². The van der Waals surface area contributed by atoms with E-state index in [2.05, 4.69) is 5.32 Å².